The number of benzene rings is 2. The summed E-state index contributed by atoms with van der Waals surface area (Å²) in [5, 5.41) is 7.13. The monoisotopic (exact) mass is 466 g/mol. The largest absolute Gasteiger partial charge is 0.491 e. The fraction of sp³-hybridized carbons (Fsp3) is 0.385. The molecule has 0 aliphatic heterocycles. The molecule has 182 valence electrons. The fourth-order valence-corrected chi connectivity index (χ4v) is 3.49. The Labute approximate surface area is 201 Å². The first-order valence-corrected chi connectivity index (χ1v) is 11.7. The number of nitrogen functional groups attached to an aromatic ring is 1. The molecule has 0 spiro atoms. The van der Waals surface area contributed by atoms with Crippen LogP contribution in [0.4, 0.5) is 16.3 Å². The first-order valence-electron chi connectivity index (χ1n) is 11.7. The van der Waals surface area contributed by atoms with E-state index in [2.05, 4.69) is 17.3 Å². The maximum atomic E-state index is 12.3. The summed E-state index contributed by atoms with van der Waals surface area (Å²) in [5.74, 6) is 1.39. The Morgan fingerprint density at radius 2 is 1.79 bits per heavy atom. The zero-order chi connectivity index (χ0) is 24.2. The number of anilines is 2. The lowest BCUT2D eigenvalue weighted by Crippen LogP contribution is -2.14. The highest BCUT2D eigenvalue weighted by atomic mass is 16.5. The molecule has 2 aromatic carbocycles. The molecule has 8 heteroatoms. The highest BCUT2D eigenvalue weighted by molar-refractivity contribution is 5.85. The van der Waals surface area contributed by atoms with Crippen molar-refractivity contribution in [3.05, 3.63) is 60.2 Å². The number of carbonyl (C=O) groups excluding carboxylic acids is 1. The van der Waals surface area contributed by atoms with E-state index in [0.717, 1.165) is 18.4 Å². The average Bonchev–Trinajstić information content (AvgIpc) is 3.23. The normalized spacial score (nSPS) is 10.6. The number of hydrogen-bond donors (Lipinski definition) is 2. The first-order chi connectivity index (χ1) is 16.6. The molecule has 1 aromatic heterocycles. The molecule has 1 heterocycles. The lowest BCUT2D eigenvalue weighted by atomic mass is 10.1. The van der Waals surface area contributed by atoms with Crippen LogP contribution in [-0.4, -0.2) is 29.6 Å². The van der Waals surface area contributed by atoms with Gasteiger partial charge in [0.25, 0.3) is 0 Å². The molecular weight excluding hydrogens is 432 g/mol. The number of aromatic nitrogens is 2. The lowest BCUT2D eigenvalue weighted by molar-refractivity contribution is 0.155. The minimum atomic E-state index is -0.543. The van der Waals surface area contributed by atoms with Crippen molar-refractivity contribution in [2.75, 3.05) is 24.8 Å². The summed E-state index contributed by atoms with van der Waals surface area (Å²) < 4.78 is 18.2. The number of nitrogens with two attached hydrogens (primary N) is 1. The molecule has 0 unspecified atom stereocenters. The summed E-state index contributed by atoms with van der Waals surface area (Å²) >= 11 is 0. The quantitative estimate of drug-likeness (QED) is 0.302. The molecule has 34 heavy (non-hydrogen) atoms. The Morgan fingerprint density at radius 3 is 2.53 bits per heavy atom. The van der Waals surface area contributed by atoms with E-state index in [4.69, 9.17) is 19.9 Å². The van der Waals surface area contributed by atoms with Crippen molar-refractivity contribution >= 4 is 17.6 Å². The van der Waals surface area contributed by atoms with Gasteiger partial charge in [-0.15, -0.1) is 5.10 Å². The maximum Gasteiger partial charge on any atom is 0.411 e. The Hall–Kier alpha value is -3.68. The molecule has 3 rings (SSSR count). The predicted octanol–water partition coefficient (Wildman–Crippen LogP) is 5.95. The molecule has 0 saturated carbocycles. The van der Waals surface area contributed by atoms with Gasteiger partial charge in [-0.25, -0.2) is 9.48 Å². The molecule has 0 aliphatic rings. The number of hydrogen-bond acceptors (Lipinski definition) is 6. The van der Waals surface area contributed by atoms with Gasteiger partial charge in [0.2, 0.25) is 5.88 Å². The summed E-state index contributed by atoms with van der Waals surface area (Å²) in [6, 6.07) is 16.5. The Balaban J connectivity index is 1.68. The third kappa shape index (κ3) is 7.43. The van der Waals surface area contributed by atoms with Gasteiger partial charge in [0.15, 0.2) is 0 Å². The van der Waals surface area contributed by atoms with E-state index in [1.54, 1.807) is 28.9 Å². The number of unbranched alkanes of at least 4 members (excludes halogenated alkanes) is 5. The van der Waals surface area contributed by atoms with Crippen molar-refractivity contribution in [2.24, 2.45) is 0 Å². The van der Waals surface area contributed by atoms with Crippen LogP contribution in [0, 0.1) is 0 Å². The van der Waals surface area contributed by atoms with Gasteiger partial charge in [0.05, 0.1) is 13.7 Å². The minimum Gasteiger partial charge on any atom is -0.491 e. The highest BCUT2D eigenvalue weighted by Crippen LogP contribution is 2.30. The van der Waals surface area contributed by atoms with E-state index in [1.165, 1.54) is 32.8 Å². The maximum absolute atomic E-state index is 12.3. The first kappa shape index (κ1) is 25.0. The average molecular weight is 467 g/mol. The third-order valence-electron chi connectivity index (χ3n) is 5.33. The molecule has 0 saturated heterocycles. The van der Waals surface area contributed by atoms with Crippen molar-refractivity contribution in [1.82, 2.24) is 9.78 Å². The van der Waals surface area contributed by atoms with Gasteiger partial charge >= 0.3 is 6.09 Å². The van der Waals surface area contributed by atoms with Crippen molar-refractivity contribution in [2.45, 2.75) is 52.1 Å². The molecule has 8 nitrogen and oxygen atoms in total. The van der Waals surface area contributed by atoms with Gasteiger partial charge in [-0.3, -0.25) is 5.32 Å². The van der Waals surface area contributed by atoms with Gasteiger partial charge < -0.3 is 19.9 Å². The van der Waals surface area contributed by atoms with Crippen LogP contribution in [0.15, 0.2) is 54.6 Å². The van der Waals surface area contributed by atoms with Gasteiger partial charge in [-0.2, -0.15) is 0 Å². The van der Waals surface area contributed by atoms with Crippen LogP contribution in [0.3, 0.4) is 0 Å². The number of nitrogens with zero attached hydrogens (tertiary/aromatic N) is 2. The van der Waals surface area contributed by atoms with Gasteiger partial charge in [-0.05, 0) is 24.1 Å². The predicted molar refractivity (Wildman–Crippen MR) is 134 cm³/mol. The fourth-order valence-electron chi connectivity index (χ4n) is 3.49. The van der Waals surface area contributed by atoms with Crippen LogP contribution in [0.1, 0.15) is 51.0 Å². The third-order valence-corrected chi connectivity index (χ3v) is 5.33. The van der Waals surface area contributed by atoms with Gasteiger partial charge in [0, 0.05) is 17.8 Å². The van der Waals surface area contributed by atoms with Crippen molar-refractivity contribution < 1.29 is 19.0 Å². The standard InChI is InChI=1S/C26H34N4O4/c1-3-4-5-6-7-11-16-33-23-17-21(28-26(31)34-19-20-12-9-8-10-13-20)14-15-22(23)30-24(27)18-25(29-30)32-2/h8-10,12-15,17-18H,3-7,11,16,19,27H2,1-2H3,(H,28,31). The second-order valence-corrected chi connectivity index (χ2v) is 8.01. The molecular formula is C26H34N4O4. The van der Waals surface area contributed by atoms with Crippen LogP contribution in [0.5, 0.6) is 11.6 Å². The Bertz CT molecular complexity index is 1040. The number of amides is 1. The Kier molecular flexibility index (Phi) is 9.64. The van der Waals surface area contributed by atoms with Crippen molar-refractivity contribution in [3.8, 4) is 17.3 Å². The molecule has 0 aliphatic carbocycles. The Morgan fingerprint density at radius 1 is 1.03 bits per heavy atom. The zero-order valence-electron chi connectivity index (χ0n) is 20.0. The van der Waals surface area contributed by atoms with Crippen LogP contribution in [0.2, 0.25) is 0 Å². The van der Waals surface area contributed by atoms with E-state index in [-0.39, 0.29) is 6.61 Å². The molecule has 3 aromatic rings. The van der Waals surface area contributed by atoms with Crippen LogP contribution >= 0.6 is 0 Å². The van der Waals surface area contributed by atoms with Crippen molar-refractivity contribution in [3.63, 3.8) is 0 Å². The summed E-state index contributed by atoms with van der Waals surface area (Å²) in [7, 11) is 1.54. The number of methoxy groups -OCH3 is 1. The molecule has 0 radical (unpaired) electrons. The summed E-state index contributed by atoms with van der Waals surface area (Å²) in [6.45, 7) is 2.95. The SMILES string of the molecule is CCCCCCCCOc1cc(NC(=O)OCc2ccccc2)ccc1-n1nc(OC)cc1N. The van der Waals surface area contributed by atoms with E-state index < -0.39 is 6.09 Å². The van der Waals surface area contributed by atoms with Crippen LogP contribution < -0.4 is 20.5 Å². The lowest BCUT2D eigenvalue weighted by Gasteiger charge is -2.15. The molecule has 0 atom stereocenters. The molecule has 3 N–H and O–H groups in total. The highest BCUT2D eigenvalue weighted by Gasteiger charge is 2.15. The molecule has 1 amide bonds. The van der Waals surface area contributed by atoms with Crippen LogP contribution in [0.25, 0.3) is 5.69 Å². The smallest absolute Gasteiger partial charge is 0.411 e. The second-order valence-electron chi connectivity index (χ2n) is 8.01. The van der Waals surface area contributed by atoms with E-state index >= 15 is 0 Å². The molecule has 0 bridgehead atoms. The molecule has 0 fully saturated rings. The summed E-state index contributed by atoms with van der Waals surface area (Å²) in [4.78, 5) is 12.3. The number of carbonyl (C=O) groups is 1. The summed E-state index contributed by atoms with van der Waals surface area (Å²) in [5.41, 5.74) is 8.26. The zero-order valence-corrected chi connectivity index (χ0v) is 20.0. The summed E-state index contributed by atoms with van der Waals surface area (Å²) in [6.07, 6.45) is 6.44. The minimum absolute atomic E-state index is 0.190. The van der Waals surface area contributed by atoms with Crippen molar-refractivity contribution in [1.29, 1.82) is 0 Å². The number of rotatable bonds is 13. The van der Waals surface area contributed by atoms with Gasteiger partial charge in [0.1, 0.15) is 23.9 Å². The topological polar surface area (TPSA) is 101 Å². The van der Waals surface area contributed by atoms with Gasteiger partial charge in [-0.1, -0.05) is 69.4 Å². The second kappa shape index (κ2) is 13.1. The number of nitrogens with one attached hydrogen (secondary N) is 1. The van der Waals surface area contributed by atoms with E-state index in [1.807, 2.05) is 30.3 Å². The number of ether oxygens (including phenoxy) is 3. The van der Waals surface area contributed by atoms with Crippen LogP contribution in [-0.2, 0) is 11.3 Å². The van der Waals surface area contributed by atoms with E-state index in [9.17, 15) is 4.79 Å². The van der Waals surface area contributed by atoms with E-state index in [0.29, 0.717) is 35.4 Å².